The van der Waals surface area contributed by atoms with Crippen molar-refractivity contribution in [1.29, 1.82) is 0 Å². The lowest BCUT2D eigenvalue weighted by atomic mass is 10.0. The van der Waals surface area contributed by atoms with E-state index in [0.717, 1.165) is 5.56 Å². The van der Waals surface area contributed by atoms with Crippen molar-refractivity contribution in [2.45, 2.75) is 4.90 Å². The van der Waals surface area contributed by atoms with Crippen molar-refractivity contribution in [3.63, 3.8) is 0 Å². The largest absolute Gasteiger partial charge is 0.497 e. The normalized spacial score (nSPS) is 11.7. The Balaban J connectivity index is 2.01. The van der Waals surface area contributed by atoms with Gasteiger partial charge in [0.05, 0.1) is 14.2 Å². The van der Waals surface area contributed by atoms with E-state index in [9.17, 15) is 8.42 Å². The van der Waals surface area contributed by atoms with Crippen LogP contribution >= 0.6 is 0 Å². The van der Waals surface area contributed by atoms with Crippen LogP contribution in [0.25, 0.3) is 0 Å². The molecule has 3 aromatic rings. The van der Waals surface area contributed by atoms with Gasteiger partial charge in [-0.05, 0) is 24.3 Å². The summed E-state index contributed by atoms with van der Waals surface area (Å²) in [5, 5.41) is 4.18. The number of aromatic nitrogens is 1. The fourth-order valence-electron chi connectivity index (χ4n) is 2.55. The molecule has 28 heavy (non-hydrogen) atoms. The zero-order valence-electron chi connectivity index (χ0n) is 15.4. The van der Waals surface area contributed by atoms with Crippen LogP contribution in [0, 0.1) is 0 Å². The molecular formula is C20H19N3O4S. The number of hydrogen-bond acceptors (Lipinski definition) is 6. The topological polar surface area (TPSA) is 89.9 Å². The van der Waals surface area contributed by atoms with Crippen LogP contribution in [0.4, 0.5) is 0 Å². The third-order valence-electron chi connectivity index (χ3n) is 3.92. The number of ether oxygens (including phenoxy) is 2. The standard InChI is InChI=1S/C20H19N3O4S/c1-26-17-10-11-19(18(13-17)27-2)28(24,25)23-22-20(15-7-4-3-5-8-15)16-9-6-12-21-14-16/h3-14,23H,1-2H3/b22-20-. The first-order chi connectivity index (χ1) is 13.5. The molecule has 0 saturated heterocycles. The maximum atomic E-state index is 12.8. The number of sulfonamides is 1. The molecule has 0 aliphatic rings. The number of pyridine rings is 1. The molecule has 0 unspecified atom stereocenters. The Labute approximate surface area is 163 Å². The summed E-state index contributed by atoms with van der Waals surface area (Å²) in [6, 6.07) is 17.3. The molecule has 0 amide bonds. The third-order valence-corrected chi connectivity index (χ3v) is 5.17. The molecular weight excluding hydrogens is 378 g/mol. The Morgan fingerprint density at radius 2 is 1.71 bits per heavy atom. The lowest BCUT2D eigenvalue weighted by molar-refractivity contribution is 0.386. The first-order valence-electron chi connectivity index (χ1n) is 8.32. The predicted molar refractivity (Wildman–Crippen MR) is 106 cm³/mol. The number of methoxy groups -OCH3 is 2. The molecule has 144 valence electrons. The van der Waals surface area contributed by atoms with E-state index in [4.69, 9.17) is 9.47 Å². The molecule has 8 heteroatoms. The minimum Gasteiger partial charge on any atom is -0.497 e. The first-order valence-corrected chi connectivity index (χ1v) is 9.81. The van der Waals surface area contributed by atoms with E-state index >= 15 is 0 Å². The Kier molecular flexibility index (Phi) is 5.90. The Bertz CT molecular complexity index is 1030. The van der Waals surface area contributed by atoms with Crippen molar-refractivity contribution in [2.75, 3.05) is 14.2 Å². The maximum absolute atomic E-state index is 12.8. The van der Waals surface area contributed by atoms with Gasteiger partial charge in [-0.3, -0.25) is 4.98 Å². The van der Waals surface area contributed by atoms with Gasteiger partial charge in [-0.1, -0.05) is 30.3 Å². The Morgan fingerprint density at radius 3 is 2.36 bits per heavy atom. The van der Waals surface area contributed by atoms with Crippen LogP contribution in [0.15, 0.2) is 83.1 Å². The highest BCUT2D eigenvalue weighted by Crippen LogP contribution is 2.28. The number of benzene rings is 2. The monoisotopic (exact) mass is 397 g/mol. The molecule has 0 saturated carbocycles. The van der Waals surface area contributed by atoms with Crippen molar-refractivity contribution in [3.8, 4) is 11.5 Å². The summed E-state index contributed by atoms with van der Waals surface area (Å²) in [5.74, 6) is 0.643. The van der Waals surface area contributed by atoms with Crippen LogP contribution in [0.1, 0.15) is 11.1 Å². The van der Waals surface area contributed by atoms with Crippen LogP contribution < -0.4 is 14.3 Å². The van der Waals surface area contributed by atoms with Gasteiger partial charge in [0, 0.05) is 29.6 Å². The van der Waals surface area contributed by atoms with Crippen LogP contribution in [-0.4, -0.2) is 33.3 Å². The minimum atomic E-state index is -3.98. The minimum absolute atomic E-state index is 0.0434. The summed E-state index contributed by atoms with van der Waals surface area (Å²) in [7, 11) is -1.09. The molecule has 1 heterocycles. The second-order valence-corrected chi connectivity index (χ2v) is 7.31. The lowest BCUT2D eigenvalue weighted by Crippen LogP contribution is -2.21. The fourth-order valence-corrected chi connectivity index (χ4v) is 3.51. The molecule has 1 N–H and O–H groups in total. The Morgan fingerprint density at radius 1 is 0.964 bits per heavy atom. The van der Waals surface area contributed by atoms with Gasteiger partial charge in [-0.25, -0.2) is 0 Å². The van der Waals surface area contributed by atoms with Gasteiger partial charge in [0.25, 0.3) is 10.0 Å². The SMILES string of the molecule is COc1ccc(S(=O)(=O)N/N=C(/c2ccccc2)c2cccnc2)c(OC)c1. The summed E-state index contributed by atoms with van der Waals surface area (Å²) >= 11 is 0. The molecule has 7 nitrogen and oxygen atoms in total. The maximum Gasteiger partial charge on any atom is 0.280 e. The predicted octanol–water partition coefficient (Wildman–Crippen LogP) is 2.83. The summed E-state index contributed by atoms with van der Waals surface area (Å²) in [5.41, 5.74) is 1.88. The molecule has 1 aromatic heterocycles. The molecule has 0 spiro atoms. The van der Waals surface area contributed by atoms with Gasteiger partial charge in [-0.15, -0.1) is 0 Å². The molecule has 0 atom stereocenters. The number of hydrogen-bond donors (Lipinski definition) is 1. The highest BCUT2D eigenvalue weighted by atomic mass is 32.2. The van der Waals surface area contributed by atoms with E-state index < -0.39 is 10.0 Å². The average molecular weight is 397 g/mol. The van der Waals surface area contributed by atoms with Crippen LogP contribution in [0.5, 0.6) is 11.5 Å². The van der Waals surface area contributed by atoms with Crippen LogP contribution in [-0.2, 0) is 10.0 Å². The average Bonchev–Trinajstić information content (AvgIpc) is 2.74. The second-order valence-electron chi connectivity index (χ2n) is 5.68. The molecule has 0 radical (unpaired) electrons. The van der Waals surface area contributed by atoms with Gasteiger partial charge in [-0.2, -0.15) is 18.4 Å². The van der Waals surface area contributed by atoms with Crippen molar-refractivity contribution in [2.24, 2.45) is 5.10 Å². The van der Waals surface area contributed by atoms with Gasteiger partial charge >= 0.3 is 0 Å². The van der Waals surface area contributed by atoms with E-state index in [1.54, 1.807) is 30.6 Å². The molecule has 0 bridgehead atoms. The lowest BCUT2D eigenvalue weighted by Gasteiger charge is -2.12. The second kappa shape index (κ2) is 8.53. The summed E-state index contributed by atoms with van der Waals surface area (Å²) in [4.78, 5) is 6.34. The third kappa shape index (κ3) is 4.29. The summed E-state index contributed by atoms with van der Waals surface area (Å²) in [6.45, 7) is 0. The molecule has 0 aliphatic carbocycles. The zero-order valence-corrected chi connectivity index (χ0v) is 16.2. The molecule has 0 aliphatic heterocycles. The number of nitrogens with one attached hydrogen (secondary N) is 1. The summed E-state index contributed by atoms with van der Waals surface area (Å²) < 4.78 is 35.9. The van der Waals surface area contributed by atoms with Crippen molar-refractivity contribution in [3.05, 3.63) is 84.2 Å². The first kappa shape index (κ1) is 19.4. The molecule has 3 rings (SSSR count). The fraction of sp³-hybridized carbons (Fsp3) is 0.100. The van der Waals surface area contributed by atoms with E-state index in [1.807, 2.05) is 30.3 Å². The highest BCUT2D eigenvalue weighted by Gasteiger charge is 2.20. The number of nitrogens with zero attached hydrogens (tertiary/aromatic N) is 2. The van der Waals surface area contributed by atoms with Gasteiger partial charge in [0.2, 0.25) is 0 Å². The zero-order chi connectivity index (χ0) is 20.0. The Hall–Kier alpha value is -3.39. The van der Waals surface area contributed by atoms with Gasteiger partial charge in [0.1, 0.15) is 22.1 Å². The van der Waals surface area contributed by atoms with Crippen molar-refractivity contribution < 1.29 is 17.9 Å². The van der Waals surface area contributed by atoms with Gasteiger partial charge in [0.15, 0.2) is 0 Å². The van der Waals surface area contributed by atoms with E-state index in [1.165, 1.54) is 26.4 Å². The molecule has 0 fully saturated rings. The summed E-state index contributed by atoms with van der Waals surface area (Å²) in [6.07, 6.45) is 3.26. The number of rotatable bonds is 7. The van der Waals surface area contributed by atoms with Crippen LogP contribution in [0.2, 0.25) is 0 Å². The highest BCUT2D eigenvalue weighted by molar-refractivity contribution is 7.89. The molecule has 2 aromatic carbocycles. The quantitative estimate of drug-likeness (QED) is 0.489. The van der Waals surface area contributed by atoms with Crippen molar-refractivity contribution in [1.82, 2.24) is 9.82 Å². The van der Waals surface area contributed by atoms with Crippen molar-refractivity contribution >= 4 is 15.7 Å². The smallest absolute Gasteiger partial charge is 0.280 e. The number of hydrazone groups is 1. The van der Waals surface area contributed by atoms with E-state index in [0.29, 0.717) is 17.0 Å². The van der Waals surface area contributed by atoms with E-state index in [2.05, 4.69) is 14.9 Å². The van der Waals surface area contributed by atoms with Crippen LogP contribution in [0.3, 0.4) is 0 Å². The van der Waals surface area contributed by atoms with Gasteiger partial charge < -0.3 is 9.47 Å². The van der Waals surface area contributed by atoms with E-state index in [-0.39, 0.29) is 10.6 Å².